The molecule has 1 heterocycles. The molecule has 2 heteroatoms. The molecule has 0 spiro atoms. The van der Waals surface area contributed by atoms with Crippen LogP contribution >= 0.6 is 0 Å². The molecule has 90 valence electrons. The summed E-state index contributed by atoms with van der Waals surface area (Å²) in [6, 6.07) is 0.316. The Labute approximate surface area is 95.2 Å². The minimum Gasteiger partial charge on any atom is -0.327 e. The molecule has 15 heavy (non-hydrogen) atoms. The highest BCUT2D eigenvalue weighted by Crippen LogP contribution is 2.34. The van der Waals surface area contributed by atoms with Crippen molar-refractivity contribution in [1.29, 1.82) is 0 Å². The summed E-state index contributed by atoms with van der Waals surface area (Å²) in [5.74, 6) is 0.885. The van der Waals surface area contributed by atoms with Crippen molar-refractivity contribution in [2.75, 3.05) is 19.6 Å². The van der Waals surface area contributed by atoms with Gasteiger partial charge in [-0.15, -0.1) is 0 Å². The maximum atomic E-state index is 5.85. The fourth-order valence-corrected chi connectivity index (χ4v) is 2.61. The topological polar surface area (TPSA) is 29.3 Å². The van der Waals surface area contributed by atoms with Crippen LogP contribution in [0.3, 0.4) is 0 Å². The number of rotatable bonds is 2. The van der Waals surface area contributed by atoms with Crippen LogP contribution in [0.2, 0.25) is 0 Å². The molecule has 1 aliphatic rings. The van der Waals surface area contributed by atoms with E-state index in [2.05, 4.69) is 32.6 Å². The Morgan fingerprint density at radius 1 is 1.27 bits per heavy atom. The smallest absolute Gasteiger partial charge is 0.0139 e. The molecule has 0 aromatic carbocycles. The van der Waals surface area contributed by atoms with Crippen LogP contribution in [-0.2, 0) is 0 Å². The van der Waals surface area contributed by atoms with E-state index in [0.29, 0.717) is 11.5 Å². The lowest BCUT2D eigenvalue weighted by Gasteiger charge is -2.30. The Morgan fingerprint density at radius 2 is 1.93 bits per heavy atom. The zero-order valence-corrected chi connectivity index (χ0v) is 10.9. The third-order valence-corrected chi connectivity index (χ3v) is 3.59. The third-order valence-electron chi connectivity index (χ3n) is 3.59. The maximum Gasteiger partial charge on any atom is 0.0139 e. The molecule has 0 radical (unpaired) electrons. The molecular formula is C13H28N2. The molecule has 1 saturated heterocycles. The van der Waals surface area contributed by atoms with Crippen molar-refractivity contribution in [3.05, 3.63) is 0 Å². The van der Waals surface area contributed by atoms with E-state index in [9.17, 15) is 0 Å². The predicted molar refractivity (Wildman–Crippen MR) is 66.9 cm³/mol. The quantitative estimate of drug-likeness (QED) is 0.762. The van der Waals surface area contributed by atoms with E-state index < -0.39 is 0 Å². The van der Waals surface area contributed by atoms with Crippen molar-refractivity contribution in [1.82, 2.24) is 4.90 Å². The number of hydrogen-bond acceptors (Lipinski definition) is 2. The van der Waals surface area contributed by atoms with Gasteiger partial charge in [-0.3, -0.25) is 0 Å². The Kier molecular flexibility index (Phi) is 4.60. The zero-order chi connectivity index (χ0) is 11.5. The van der Waals surface area contributed by atoms with E-state index in [1.54, 1.807) is 0 Å². The first-order chi connectivity index (χ1) is 6.89. The van der Waals surface area contributed by atoms with Crippen molar-refractivity contribution < 1.29 is 0 Å². The van der Waals surface area contributed by atoms with Gasteiger partial charge in [-0.05, 0) is 50.6 Å². The minimum atomic E-state index is 0.316. The molecule has 0 bridgehead atoms. The van der Waals surface area contributed by atoms with Crippen LogP contribution < -0.4 is 5.73 Å². The molecular weight excluding hydrogens is 184 g/mol. The normalized spacial score (nSPS) is 27.4. The van der Waals surface area contributed by atoms with Gasteiger partial charge in [0, 0.05) is 12.6 Å². The van der Waals surface area contributed by atoms with Crippen molar-refractivity contribution >= 4 is 0 Å². The Hall–Kier alpha value is -0.0800. The van der Waals surface area contributed by atoms with Crippen LogP contribution in [0, 0.1) is 11.3 Å². The molecule has 1 rings (SSSR count). The molecule has 0 aromatic rings. The van der Waals surface area contributed by atoms with Gasteiger partial charge in [0.25, 0.3) is 0 Å². The van der Waals surface area contributed by atoms with Gasteiger partial charge >= 0.3 is 0 Å². The molecule has 0 aliphatic carbocycles. The largest absolute Gasteiger partial charge is 0.327 e. The molecule has 0 saturated carbocycles. The van der Waals surface area contributed by atoms with Gasteiger partial charge in [0.1, 0.15) is 0 Å². The molecule has 2 N–H and O–H groups in total. The van der Waals surface area contributed by atoms with E-state index in [1.807, 2.05) is 0 Å². The van der Waals surface area contributed by atoms with Gasteiger partial charge in [0.05, 0.1) is 0 Å². The highest BCUT2D eigenvalue weighted by atomic mass is 15.1. The van der Waals surface area contributed by atoms with Crippen LogP contribution in [0.4, 0.5) is 0 Å². The Morgan fingerprint density at radius 3 is 2.47 bits per heavy atom. The minimum absolute atomic E-state index is 0.316. The number of nitrogens with zero attached hydrogens (tertiary/aromatic N) is 1. The van der Waals surface area contributed by atoms with Crippen LogP contribution in [0.25, 0.3) is 0 Å². The van der Waals surface area contributed by atoms with Crippen molar-refractivity contribution in [3.8, 4) is 0 Å². The van der Waals surface area contributed by atoms with Crippen LogP contribution in [-0.4, -0.2) is 30.6 Å². The Balaban J connectivity index is 2.42. The summed E-state index contributed by atoms with van der Waals surface area (Å²) in [7, 11) is 0. The molecule has 0 aromatic heterocycles. The van der Waals surface area contributed by atoms with Gasteiger partial charge in [-0.1, -0.05) is 20.8 Å². The number of nitrogens with two attached hydrogens (primary N) is 1. The summed E-state index contributed by atoms with van der Waals surface area (Å²) in [5.41, 5.74) is 6.33. The highest BCUT2D eigenvalue weighted by molar-refractivity contribution is 4.79. The van der Waals surface area contributed by atoms with Crippen molar-refractivity contribution in [2.24, 2.45) is 17.1 Å². The number of hydrogen-bond donors (Lipinski definition) is 1. The fraction of sp³-hybridized carbons (Fsp3) is 1.00. The van der Waals surface area contributed by atoms with Crippen molar-refractivity contribution in [2.45, 2.75) is 53.0 Å². The lowest BCUT2D eigenvalue weighted by atomic mass is 9.77. The van der Waals surface area contributed by atoms with Crippen LogP contribution in [0.15, 0.2) is 0 Å². The zero-order valence-electron chi connectivity index (χ0n) is 10.9. The summed E-state index contributed by atoms with van der Waals surface area (Å²) < 4.78 is 0. The van der Waals surface area contributed by atoms with E-state index >= 15 is 0 Å². The predicted octanol–water partition coefficient (Wildman–Crippen LogP) is 2.48. The first-order valence-electron chi connectivity index (χ1n) is 6.37. The lowest BCUT2D eigenvalue weighted by Crippen LogP contribution is -2.36. The molecule has 2 unspecified atom stereocenters. The number of likely N-dealkylation sites (tertiary alicyclic amines) is 1. The average molecular weight is 212 g/mol. The first-order valence-corrected chi connectivity index (χ1v) is 6.37. The van der Waals surface area contributed by atoms with Gasteiger partial charge < -0.3 is 10.6 Å². The van der Waals surface area contributed by atoms with Crippen LogP contribution in [0.5, 0.6) is 0 Å². The van der Waals surface area contributed by atoms with Gasteiger partial charge in [-0.2, -0.15) is 0 Å². The third kappa shape index (κ3) is 4.52. The average Bonchev–Trinajstić information content (AvgIpc) is 2.27. The molecule has 0 amide bonds. The molecule has 1 aliphatic heterocycles. The van der Waals surface area contributed by atoms with Crippen molar-refractivity contribution in [3.63, 3.8) is 0 Å². The van der Waals surface area contributed by atoms with E-state index in [0.717, 1.165) is 12.5 Å². The summed E-state index contributed by atoms with van der Waals surface area (Å²) in [6.45, 7) is 12.8. The fourth-order valence-electron chi connectivity index (χ4n) is 2.61. The molecule has 1 fully saturated rings. The van der Waals surface area contributed by atoms with Gasteiger partial charge in [0.2, 0.25) is 0 Å². The monoisotopic (exact) mass is 212 g/mol. The second kappa shape index (κ2) is 5.31. The second-order valence-electron chi connectivity index (χ2n) is 6.27. The Bertz CT molecular complexity index is 181. The standard InChI is InChI=1S/C13H28N2/c1-11(14)10-15-8-5-6-12(7-9-15)13(2,3)4/h11-12H,5-10,14H2,1-4H3. The second-order valence-corrected chi connectivity index (χ2v) is 6.27. The SMILES string of the molecule is CC(N)CN1CCCC(C(C)(C)C)CC1. The van der Waals surface area contributed by atoms with E-state index in [1.165, 1.54) is 32.4 Å². The maximum absolute atomic E-state index is 5.85. The molecule has 2 atom stereocenters. The van der Waals surface area contributed by atoms with Gasteiger partial charge in [0.15, 0.2) is 0 Å². The summed E-state index contributed by atoms with van der Waals surface area (Å²) in [6.07, 6.45) is 4.07. The summed E-state index contributed by atoms with van der Waals surface area (Å²) in [5, 5.41) is 0. The highest BCUT2D eigenvalue weighted by Gasteiger charge is 2.26. The molecule has 2 nitrogen and oxygen atoms in total. The lowest BCUT2D eigenvalue weighted by molar-refractivity contribution is 0.206. The first kappa shape index (κ1) is 13.0. The van der Waals surface area contributed by atoms with Crippen LogP contribution in [0.1, 0.15) is 47.0 Å². The van der Waals surface area contributed by atoms with E-state index in [-0.39, 0.29) is 0 Å². The summed E-state index contributed by atoms with van der Waals surface area (Å²) in [4.78, 5) is 2.54. The van der Waals surface area contributed by atoms with Gasteiger partial charge in [-0.25, -0.2) is 0 Å². The summed E-state index contributed by atoms with van der Waals surface area (Å²) >= 11 is 0. The van der Waals surface area contributed by atoms with E-state index in [4.69, 9.17) is 5.73 Å².